The second-order valence-electron chi connectivity index (χ2n) is 3.70. The van der Waals surface area contributed by atoms with E-state index < -0.39 is 0 Å². The molecule has 0 saturated heterocycles. The van der Waals surface area contributed by atoms with Gasteiger partial charge in [0.15, 0.2) is 0 Å². The highest BCUT2D eigenvalue weighted by molar-refractivity contribution is 5.28. The van der Waals surface area contributed by atoms with E-state index in [9.17, 15) is 0 Å². The minimum absolute atomic E-state index is 0.163. The molecule has 1 rings (SSSR count). The first-order valence-corrected chi connectivity index (χ1v) is 4.88. The number of aromatic hydroxyl groups is 1. The lowest BCUT2D eigenvalue weighted by molar-refractivity contribution is 0.470. The first-order chi connectivity index (χ1) is 6.63. The molecule has 1 atom stereocenters. The Bertz CT molecular complexity index is 269. The first-order valence-electron chi connectivity index (χ1n) is 4.88. The predicted molar refractivity (Wildman–Crippen MR) is 58.2 cm³/mol. The third kappa shape index (κ3) is 3.01. The fourth-order valence-corrected chi connectivity index (χ4v) is 1.41. The molecular weight excluding hydrogens is 176 g/mol. The monoisotopic (exact) mass is 194 g/mol. The van der Waals surface area contributed by atoms with Crippen LogP contribution >= 0.6 is 0 Å². The lowest BCUT2D eigenvalue weighted by atomic mass is 10.1. The largest absolute Gasteiger partial charge is 0.508 e. The number of hydrogen-bond donors (Lipinski definition) is 3. The van der Waals surface area contributed by atoms with Crippen LogP contribution in [0, 0.1) is 0 Å². The maximum atomic E-state index is 9.14. The molecule has 3 nitrogen and oxygen atoms in total. The molecule has 0 saturated carbocycles. The summed E-state index contributed by atoms with van der Waals surface area (Å²) in [6.45, 7) is 4.73. The highest BCUT2D eigenvalue weighted by Crippen LogP contribution is 2.16. The summed E-state index contributed by atoms with van der Waals surface area (Å²) < 4.78 is 0. The van der Waals surface area contributed by atoms with Crippen molar-refractivity contribution in [3.05, 3.63) is 29.8 Å². The van der Waals surface area contributed by atoms with E-state index in [1.807, 2.05) is 12.1 Å². The van der Waals surface area contributed by atoms with Crippen molar-refractivity contribution in [2.75, 3.05) is 6.54 Å². The zero-order valence-corrected chi connectivity index (χ0v) is 8.70. The van der Waals surface area contributed by atoms with E-state index >= 15 is 0 Å². The van der Waals surface area contributed by atoms with Gasteiger partial charge in [0.25, 0.3) is 0 Å². The summed E-state index contributed by atoms with van der Waals surface area (Å²) in [4.78, 5) is 0. The van der Waals surface area contributed by atoms with Crippen molar-refractivity contribution in [2.24, 2.45) is 5.73 Å². The average molecular weight is 194 g/mol. The van der Waals surface area contributed by atoms with Gasteiger partial charge in [-0.15, -0.1) is 0 Å². The van der Waals surface area contributed by atoms with Crippen LogP contribution in [0.15, 0.2) is 24.3 Å². The molecule has 0 bridgehead atoms. The summed E-state index contributed by atoms with van der Waals surface area (Å²) in [5.74, 6) is 0.286. The molecule has 0 aliphatic heterocycles. The number of hydrogen-bond acceptors (Lipinski definition) is 3. The number of nitrogens with one attached hydrogen (secondary N) is 1. The predicted octanol–water partition coefficient (Wildman–Crippen LogP) is 1.39. The fraction of sp³-hybridized carbons (Fsp3) is 0.455. The summed E-state index contributed by atoms with van der Waals surface area (Å²) >= 11 is 0. The van der Waals surface area contributed by atoms with E-state index in [-0.39, 0.29) is 11.8 Å². The van der Waals surface area contributed by atoms with Gasteiger partial charge in [0.2, 0.25) is 0 Å². The van der Waals surface area contributed by atoms with E-state index in [2.05, 4.69) is 19.2 Å². The van der Waals surface area contributed by atoms with Gasteiger partial charge < -0.3 is 16.2 Å². The van der Waals surface area contributed by atoms with Crippen molar-refractivity contribution in [1.82, 2.24) is 5.32 Å². The second-order valence-corrected chi connectivity index (χ2v) is 3.70. The van der Waals surface area contributed by atoms with Crippen molar-refractivity contribution >= 4 is 0 Å². The molecule has 0 heterocycles. The number of phenolic OH excluding ortho intramolecular Hbond substituents is 1. The lowest BCUT2D eigenvalue weighted by Gasteiger charge is -2.19. The van der Waals surface area contributed by atoms with Gasteiger partial charge in [-0.3, -0.25) is 0 Å². The van der Waals surface area contributed by atoms with E-state index in [0.29, 0.717) is 12.6 Å². The minimum atomic E-state index is 0.163. The number of nitrogens with two attached hydrogens (primary N) is 1. The molecule has 0 fully saturated rings. The van der Waals surface area contributed by atoms with Crippen LogP contribution in [-0.4, -0.2) is 17.7 Å². The van der Waals surface area contributed by atoms with Gasteiger partial charge in [0.05, 0.1) is 0 Å². The van der Waals surface area contributed by atoms with Crippen molar-refractivity contribution < 1.29 is 5.11 Å². The Hall–Kier alpha value is -1.06. The smallest absolute Gasteiger partial charge is 0.115 e. The standard InChI is InChI=1S/C11H18N2O/c1-8(2)13-11(7-12)9-3-5-10(14)6-4-9/h3-6,8,11,13-14H,7,12H2,1-2H3. The molecule has 4 N–H and O–H groups in total. The van der Waals surface area contributed by atoms with Crippen molar-refractivity contribution in [1.29, 1.82) is 0 Å². The molecule has 1 aromatic carbocycles. The number of phenols is 1. The molecule has 0 aliphatic rings. The SMILES string of the molecule is CC(C)NC(CN)c1ccc(O)cc1. The molecule has 1 aromatic rings. The van der Waals surface area contributed by atoms with Crippen LogP contribution in [0.1, 0.15) is 25.5 Å². The average Bonchev–Trinajstić information content (AvgIpc) is 2.15. The molecule has 78 valence electrons. The molecule has 0 amide bonds. The molecule has 0 aliphatic carbocycles. The number of benzene rings is 1. The van der Waals surface area contributed by atoms with Crippen LogP contribution in [0.5, 0.6) is 5.75 Å². The normalized spacial score (nSPS) is 13.1. The summed E-state index contributed by atoms with van der Waals surface area (Å²) in [5.41, 5.74) is 6.78. The van der Waals surface area contributed by atoms with Crippen LogP contribution in [0.4, 0.5) is 0 Å². The third-order valence-electron chi connectivity index (χ3n) is 2.07. The topological polar surface area (TPSA) is 58.3 Å². The van der Waals surface area contributed by atoms with E-state index in [4.69, 9.17) is 10.8 Å². The van der Waals surface area contributed by atoms with Gasteiger partial charge in [0, 0.05) is 18.6 Å². The van der Waals surface area contributed by atoms with E-state index in [1.165, 1.54) is 0 Å². The van der Waals surface area contributed by atoms with Gasteiger partial charge in [0.1, 0.15) is 5.75 Å². The van der Waals surface area contributed by atoms with Gasteiger partial charge in [-0.05, 0) is 17.7 Å². The Morgan fingerprint density at radius 3 is 2.29 bits per heavy atom. The second kappa shape index (κ2) is 4.98. The Morgan fingerprint density at radius 2 is 1.86 bits per heavy atom. The van der Waals surface area contributed by atoms with E-state index in [1.54, 1.807) is 12.1 Å². The minimum Gasteiger partial charge on any atom is -0.508 e. The Kier molecular flexibility index (Phi) is 3.92. The van der Waals surface area contributed by atoms with Gasteiger partial charge >= 0.3 is 0 Å². The van der Waals surface area contributed by atoms with Gasteiger partial charge in [-0.1, -0.05) is 26.0 Å². The summed E-state index contributed by atoms with van der Waals surface area (Å²) in [5, 5.41) is 12.5. The van der Waals surface area contributed by atoms with Crippen LogP contribution in [0.3, 0.4) is 0 Å². The molecule has 1 unspecified atom stereocenters. The maximum Gasteiger partial charge on any atom is 0.115 e. The van der Waals surface area contributed by atoms with E-state index in [0.717, 1.165) is 5.56 Å². The molecule has 14 heavy (non-hydrogen) atoms. The van der Waals surface area contributed by atoms with Crippen molar-refractivity contribution in [3.63, 3.8) is 0 Å². The van der Waals surface area contributed by atoms with Crippen molar-refractivity contribution in [2.45, 2.75) is 25.9 Å². The summed E-state index contributed by atoms with van der Waals surface area (Å²) in [6, 6.07) is 7.71. The van der Waals surface area contributed by atoms with Crippen LogP contribution in [-0.2, 0) is 0 Å². The zero-order valence-electron chi connectivity index (χ0n) is 8.70. The first kappa shape index (κ1) is 11.0. The highest BCUT2D eigenvalue weighted by atomic mass is 16.3. The van der Waals surface area contributed by atoms with Gasteiger partial charge in [-0.2, -0.15) is 0 Å². The lowest BCUT2D eigenvalue weighted by Crippen LogP contribution is -2.33. The quantitative estimate of drug-likeness (QED) is 0.679. The van der Waals surface area contributed by atoms with Crippen LogP contribution in [0.2, 0.25) is 0 Å². The van der Waals surface area contributed by atoms with Gasteiger partial charge in [-0.25, -0.2) is 0 Å². The fourth-order valence-electron chi connectivity index (χ4n) is 1.41. The Balaban J connectivity index is 2.73. The molecule has 0 aromatic heterocycles. The maximum absolute atomic E-state index is 9.14. The Labute approximate surface area is 84.9 Å². The Morgan fingerprint density at radius 1 is 1.29 bits per heavy atom. The highest BCUT2D eigenvalue weighted by Gasteiger charge is 2.09. The van der Waals surface area contributed by atoms with Crippen molar-refractivity contribution in [3.8, 4) is 5.75 Å². The molecular formula is C11H18N2O. The zero-order chi connectivity index (χ0) is 10.6. The molecule has 0 radical (unpaired) electrons. The van der Waals surface area contributed by atoms with Crippen LogP contribution < -0.4 is 11.1 Å². The summed E-state index contributed by atoms with van der Waals surface area (Å²) in [7, 11) is 0. The molecule has 0 spiro atoms. The third-order valence-corrected chi connectivity index (χ3v) is 2.07. The molecule has 3 heteroatoms. The van der Waals surface area contributed by atoms with Crippen LogP contribution in [0.25, 0.3) is 0 Å². The number of rotatable bonds is 4. The summed E-state index contributed by atoms with van der Waals surface area (Å²) in [6.07, 6.45) is 0.